The van der Waals surface area contributed by atoms with Crippen LogP contribution >= 0.6 is 0 Å². The van der Waals surface area contributed by atoms with Crippen molar-refractivity contribution in [3.8, 4) is 5.88 Å². The van der Waals surface area contributed by atoms with E-state index >= 15 is 0 Å². The molecular weight excluding hydrogens is 382 g/mol. The summed E-state index contributed by atoms with van der Waals surface area (Å²) in [5.74, 6) is -1.38. The summed E-state index contributed by atoms with van der Waals surface area (Å²) in [5, 5.41) is 12.8. The number of rotatable bonds is 2. The molecule has 1 unspecified atom stereocenters. The topological polar surface area (TPSA) is 65.7 Å². The largest absolute Gasteiger partial charge is 0.616 e. The van der Waals surface area contributed by atoms with E-state index in [9.17, 15) is 18.8 Å². The number of amides is 1. The molecule has 6 nitrogen and oxygen atoms in total. The minimum atomic E-state index is -0.715. The van der Waals surface area contributed by atoms with Gasteiger partial charge in [-0.2, -0.15) is 0 Å². The van der Waals surface area contributed by atoms with Gasteiger partial charge < -0.3 is 14.7 Å². The van der Waals surface area contributed by atoms with E-state index in [1.807, 2.05) is 0 Å². The zero-order valence-electron chi connectivity index (χ0n) is 17.1. The Labute approximate surface area is 168 Å². The summed E-state index contributed by atoms with van der Waals surface area (Å²) in [6.45, 7) is 8.76. The van der Waals surface area contributed by atoms with Gasteiger partial charge in [0.1, 0.15) is 23.8 Å². The molecule has 0 N–H and O–H groups in total. The van der Waals surface area contributed by atoms with Gasteiger partial charge in [0, 0.05) is 25.0 Å². The number of ether oxygens (including phenoxy) is 2. The highest BCUT2D eigenvalue weighted by atomic mass is 19.1. The van der Waals surface area contributed by atoms with Crippen LogP contribution in [0.4, 0.5) is 19.3 Å². The summed E-state index contributed by atoms with van der Waals surface area (Å²) in [5.41, 5.74) is 0.592. The van der Waals surface area contributed by atoms with Crippen LogP contribution in [0.25, 0.3) is 0 Å². The maximum atomic E-state index is 14.1. The molecule has 29 heavy (non-hydrogen) atoms. The second-order valence-corrected chi connectivity index (χ2v) is 8.16. The van der Waals surface area contributed by atoms with Gasteiger partial charge in [-0.3, -0.25) is 4.90 Å². The lowest BCUT2D eigenvalue weighted by atomic mass is 10.0. The predicted octanol–water partition coefficient (Wildman–Crippen LogP) is 4.02. The molecule has 156 valence electrons. The first-order chi connectivity index (χ1) is 13.5. The van der Waals surface area contributed by atoms with Gasteiger partial charge in [-0.25, -0.2) is 13.6 Å². The lowest BCUT2D eigenvalue weighted by Crippen LogP contribution is -2.50. The fourth-order valence-electron chi connectivity index (χ4n) is 3.17. The van der Waals surface area contributed by atoms with Gasteiger partial charge in [0.25, 0.3) is 0 Å². The van der Waals surface area contributed by atoms with Gasteiger partial charge in [-0.1, -0.05) is 6.07 Å². The quantitative estimate of drug-likeness (QED) is 0.558. The zero-order chi connectivity index (χ0) is 21.5. The van der Waals surface area contributed by atoms with E-state index in [0.29, 0.717) is 16.0 Å². The Morgan fingerprint density at radius 1 is 1.31 bits per heavy atom. The lowest BCUT2D eigenvalue weighted by Gasteiger charge is -2.35. The monoisotopic (exact) mass is 406 g/mol. The number of hydrogen-bond acceptors (Lipinski definition) is 4. The molecule has 1 aromatic heterocycles. The zero-order valence-corrected chi connectivity index (χ0v) is 17.1. The van der Waals surface area contributed by atoms with E-state index in [0.717, 1.165) is 12.1 Å². The van der Waals surface area contributed by atoms with Crippen LogP contribution < -0.4 is 14.4 Å². The van der Waals surface area contributed by atoms with Crippen LogP contribution in [-0.4, -0.2) is 24.3 Å². The smallest absolute Gasteiger partial charge is 0.415 e. The number of nitrogens with zero attached hydrogens (tertiary/aromatic N) is 2. The Hall–Kier alpha value is -2.90. The van der Waals surface area contributed by atoms with Gasteiger partial charge >= 0.3 is 12.0 Å². The Morgan fingerprint density at radius 3 is 2.62 bits per heavy atom. The minimum Gasteiger partial charge on any atom is -0.616 e. The second kappa shape index (κ2) is 7.50. The number of aromatic nitrogens is 1. The van der Waals surface area contributed by atoms with Crippen molar-refractivity contribution in [2.24, 2.45) is 0 Å². The average molecular weight is 406 g/mol. The normalized spacial score (nSPS) is 16.2. The Morgan fingerprint density at radius 2 is 2.00 bits per heavy atom. The fourth-order valence-corrected chi connectivity index (χ4v) is 3.17. The summed E-state index contributed by atoms with van der Waals surface area (Å²) in [7, 11) is 0. The molecule has 1 atom stereocenters. The standard InChI is InChI=1S/C21H24F2N2O4/c1-12-11-28-19-18(24(12)20(26)29-21(3,4)5)9-15(13(2)25(19)27)8-14-6-7-16(22)10-17(14)23/h6-7,9-10,12H,8,11H2,1-5H3. The number of fused-ring (bicyclic) bond motifs is 1. The molecule has 1 aliphatic rings. The number of benzene rings is 1. The van der Waals surface area contributed by atoms with Crippen molar-refractivity contribution in [1.29, 1.82) is 0 Å². The number of carbonyl (C=O) groups excluding carboxylic acids is 1. The van der Waals surface area contributed by atoms with Crippen LogP contribution in [-0.2, 0) is 11.2 Å². The van der Waals surface area contributed by atoms with Crippen molar-refractivity contribution in [3.63, 3.8) is 0 Å². The third-order valence-electron chi connectivity index (χ3n) is 4.63. The van der Waals surface area contributed by atoms with Gasteiger partial charge in [-0.05, 0) is 45.4 Å². The second-order valence-electron chi connectivity index (χ2n) is 8.16. The van der Waals surface area contributed by atoms with Crippen molar-refractivity contribution in [3.05, 3.63) is 57.9 Å². The molecule has 2 heterocycles. The molecule has 0 bridgehead atoms. The summed E-state index contributed by atoms with van der Waals surface area (Å²) >= 11 is 0. The van der Waals surface area contributed by atoms with Crippen LogP contribution in [0.5, 0.6) is 5.88 Å². The molecule has 2 aromatic rings. The highest BCUT2D eigenvalue weighted by Crippen LogP contribution is 2.34. The maximum Gasteiger partial charge on any atom is 0.415 e. The van der Waals surface area contributed by atoms with Crippen molar-refractivity contribution in [2.45, 2.75) is 52.7 Å². The van der Waals surface area contributed by atoms with Crippen LogP contribution in [0.1, 0.15) is 44.5 Å². The van der Waals surface area contributed by atoms with E-state index in [1.165, 1.54) is 11.0 Å². The molecule has 0 aliphatic carbocycles. The molecule has 0 saturated carbocycles. The van der Waals surface area contributed by atoms with E-state index in [4.69, 9.17) is 9.47 Å². The van der Waals surface area contributed by atoms with Gasteiger partial charge in [-0.15, -0.1) is 4.73 Å². The third kappa shape index (κ3) is 4.26. The van der Waals surface area contributed by atoms with Crippen LogP contribution in [0.15, 0.2) is 24.3 Å². The van der Waals surface area contributed by atoms with Gasteiger partial charge in [0.15, 0.2) is 11.4 Å². The summed E-state index contributed by atoms with van der Waals surface area (Å²) in [4.78, 5) is 14.2. The highest BCUT2D eigenvalue weighted by Gasteiger charge is 2.38. The number of hydrogen-bond donors (Lipinski definition) is 0. The lowest BCUT2D eigenvalue weighted by molar-refractivity contribution is -0.619. The van der Waals surface area contributed by atoms with Crippen molar-refractivity contribution in [1.82, 2.24) is 0 Å². The van der Waals surface area contributed by atoms with E-state index < -0.39 is 23.3 Å². The predicted molar refractivity (Wildman–Crippen MR) is 103 cm³/mol. The molecule has 0 saturated heterocycles. The number of anilines is 1. The van der Waals surface area contributed by atoms with Crippen molar-refractivity contribution < 1.29 is 27.8 Å². The molecular formula is C21H24F2N2O4. The molecule has 1 aliphatic heterocycles. The summed E-state index contributed by atoms with van der Waals surface area (Å²) in [6.07, 6.45) is -0.540. The first-order valence-corrected chi connectivity index (χ1v) is 9.33. The molecule has 1 amide bonds. The van der Waals surface area contributed by atoms with E-state index in [-0.39, 0.29) is 36.2 Å². The molecule has 3 rings (SSSR count). The highest BCUT2D eigenvalue weighted by molar-refractivity contribution is 5.90. The first kappa shape index (κ1) is 20.8. The van der Waals surface area contributed by atoms with Crippen LogP contribution in [0.3, 0.4) is 0 Å². The maximum absolute atomic E-state index is 14.1. The Balaban J connectivity index is 2.06. The third-order valence-corrected chi connectivity index (χ3v) is 4.63. The minimum absolute atomic E-state index is 0.00483. The number of carbonyl (C=O) groups is 1. The molecule has 0 fully saturated rings. The number of halogens is 2. The molecule has 8 heteroatoms. The van der Waals surface area contributed by atoms with Gasteiger partial charge in [0.2, 0.25) is 0 Å². The Kier molecular flexibility index (Phi) is 5.38. The van der Waals surface area contributed by atoms with Crippen LogP contribution in [0.2, 0.25) is 0 Å². The average Bonchev–Trinajstić information content (AvgIpc) is 2.59. The molecule has 0 radical (unpaired) electrons. The first-order valence-electron chi connectivity index (χ1n) is 9.33. The van der Waals surface area contributed by atoms with Crippen LogP contribution in [0, 0.1) is 23.8 Å². The fraction of sp³-hybridized carbons (Fsp3) is 0.429. The molecule has 1 aromatic carbocycles. The summed E-state index contributed by atoms with van der Waals surface area (Å²) in [6, 6.07) is 4.56. The number of pyridine rings is 1. The van der Waals surface area contributed by atoms with Gasteiger partial charge in [0.05, 0.1) is 6.04 Å². The molecule has 0 spiro atoms. The SMILES string of the molecule is Cc1c(Cc2ccc(F)cc2F)cc2c([n+]1[O-])OCC(C)N2C(=O)OC(C)(C)C. The van der Waals surface area contributed by atoms with Crippen molar-refractivity contribution in [2.75, 3.05) is 11.5 Å². The van der Waals surface area contributed by atoms with E-state index in [2.05, 4.69) is 0 Å². The summed E-state index contributed by atoms with van der Waals surface area (Å²) < 4.78 is 39.0. The van der Waals surface area contributed by atoms with E-state index in [1.54, 1.807) is 40.7 Å². The van der Waals surface area contributed by atoms with Crippen molar-refractivity contribution >= 4 is 11.8 Å². The Bertz CT molecular complexity index is 957.